The lowest BCUT2D eigenvalue weighted by Gasteiger charge is -2.11. The Balaban J connectivity index is 2.89. The van der Waals surface area contributed by atoms with E-state index in [0.717, 1.165) is 0 Å². The Morgan fingerprint density at radius 3 is 2.67 bits per heavy atom. The summed E-state index contributed by atoms with van der Waals surface area (Å²) in [5.74, 6) is -0.431. The average Bonchev–Trinajstić information content (AvgIpc) is 2.09. The van der Waals surface area contributed by atoms with Gasteiger partial charge in [-0.15, -0.1) is 0 Å². The van der Waals surface area contributed by atoms with E-state index in [-0.39, 0.29) is 18.3 Å². The predicted molar refractivity (Wildman–Crippen MR) is 55.2 cm³/mol. The number of aliphatic carboxylic acids is 1. The number of carboxylic acid groups (broad SMARTS) is 1. The molecule has 0 bridgehead atoms. The zero-order valence-corrected chi connectivity index (χ0v) is 8.73. The van der Waals surface area contributed by atoms with Crippen LogP contribution in [0.5, 0.6) is 11.5 Å². The van der Waals surface area contributed by atoms with Crippen molar-refractivity contribution in [2.75, 3.05) is 0 Å². The minimum absolute atomic E-state index is 0.0199. The number of hydrogen-bond acceptors (Lipinski definition) is 3. The van der Waals surface area contributed by atoms with Gasteiger partial charge in [0.1, 0.15) is 11.5 Å². The van der Waals surface area contributed by atoms with Gasteiger partial charge in [-0.05, 0) is 32.0 Å². The summed E-state index contributed by atoms with van der Waals surface area (Å²) < 4.78 is 5.39. The molecule has 0 amide bonds. The van der Waals surface area contributed by atoms with E-state index in [4.69, 9.17) is 9.84 Å². The molecule has 0 saturated carbocycles. The molecule has 0 radical (unpaired) electrons. The van der Waals surface area contributed by atoms with E-state index in [1.807, 2.05) is 13.8 Å². The monoisotopic (exact) mass is 210 g/mol. The van der Waals surface area contributed by atoms with E-state index >= 15 is 0 Å². The van der Waals surface area contributed by atoms with Crippen LogP contribution in [0.4, 0.5) is 0 Å². The van der Waals surface area contributed by atoms with E-state index in [9.17, 15) is 9.90 Å². The number of carboxylic acids is 1. The van der Waals surface area contributed by atoms with Crippen LogP contribution < -0.4 is 4.74 Å². The Kier molecular flexibility index (Phi) is 3.55. The molecular weight excluding hydrogens is 196 g/mol. The number of phenolic OH excluding ortho intramolecular Hbond substituents is 1. The summed E-state index contributed by atoms with van der Waals surface area (Å²) in [7, 11) is 0. The van der Waals surface area contributed by atoms with Gasteiger partial charge < -0.3 is 14.9 Å². The molecule has 0 aromatic heterocycles. The average molecular weight is 210 g/mol. The fourth-order valence-corrected chi connectivity index (χ4v) is 1.21. The lowest BCUT2D eigenvalue weighted by molar-refractivity contribution is -0.136. The van der Waals surface area contributed by atoms with E-state index < -0.39 is 5.97 Å². The summed E-state index contributed by atoms with van der Waals surface area (Å²) in [6, 6.07) is 4.60. The van der Waals surface area contributed by atoms with Crippen LogP contribution in [0.15, 0.2) is 18.2 Å². The van der Waals surface area contributed by atoms with Gasteiger partial charge in [0.15, 0.2) is 0 Å². The molecule has 0 aliphatic rings. The molecule has 0 spiro atoms. The summed E-state index contributed by atoms with van der Waals surface area (Å²) >= 11 is 0. The number of ether oxygens (including phenoxy) is 1. The van der Waals surface area contributed by atoms with Crippen molar-refractivity contribution in [3.8, 4) is 11.5 Å². The van der Waals surface area contributed by atoms with Crippen LogP contribution in [0, 0.1) is 0 Å². The minimum Gasteiger partial charge on any atom is -0.508 e. The summed E-state index contributed by atoms with van der Waals surface area (Å²) in [4.78, 5) is 10.5. The molecule has 4 heteroatoms. The Morgan fingerprint density at radius 1 is 1.47 bits per heavy atom. The molecule has 82 valence electrons. The largest absolute Gasteiger partial charge is 0.508 e. The zero-order chi connectivity index (χ0) is 11.4. The number of benzene rings is 1. The molecule has 0 aliphatic carbocycles. The highest BCUT2D eigenvalue weighted by molar-refractivity contribution is 5.71. The maximum atomic E-state index is 10.5. The van der Waals surface area contributed by atoms with Gasteiger partial charge in [-0.3, -0.25) is 4.79 Å². The first-order valence-corrected chi connectivity index (χ1v) is 4.69. The highest BCUT2D eigenvalue weighted by Crippen LogP contribution is 2.24. The fraction of sp³-hybridized carbons (Fsp3) is 0.364. The number of rotatable bonds is 4. The van der Waals surface area contributed by atoms with Gasteiger partial charge in [-0.25, -0.2) is 0 Å². The zero-order valence-electron chi connectivity index (χ0n) is 8.73. The maximum Gasteiger partial charge on any atom is 0.307 e. The molecule has 0 saturated heterocycles. The van der Waals surface area contributed by atoms with Gasteiger partial charge >= 0.3 is 5.97 Å². The van der Waals surface area contributed by atoms with E-state index in [1.54, 1.807) is 12.1 Å². The molecule has 0 heterocycles. The summed E-state index contributed by atoms with van der Waals surface area (Å²) in [5, 5.41) is 18.0. The molecule has 1 aromatic rings. The first kappa shape index (κ1) is 11.4. The van der Waals surface area contributed by atoms with Crippen molar-refractivity contribution in [2.45, 2.75) is 26.4 Å². The van der Waals surface area contributed by atoms with Crippen LogP contribution in [-0.4, -0.2) is 22.3 Å². The molecule has 4 nitrogen and oxygen atoms in total. The van der Waals surface area contributed by atoms with Crippen LogP contribution >= 0.6 is 0 Å². The molecule has 15 heavy (non-hydrogen) atoms. The second-order valence-corrected chi connectivity index (χ2v) is 3.53. The van der Waals surface area contributed by atoms with Crippen LogP contribution in [0.1, 0.15) is 19.4 Å². The van der Waals surface area contributed by atoms with Crippen LogP contribution in [-0.2, 0) is 11.2 Å². The van der Waals surface area contributed by atoms with Crippen molar-refractivity contribution < 1.29 is 19.7 Å². The summed E-state index contributed by atoms with van der Waals surface area (Å²) in [5.41, 5.74) is 0.362. The van der Waals surface area contributed by atoms with E-state index in [0.29, 0.717) is 11.3 Å². The molecule has 2 N–H and O–H groups in total. The molecule has 1 aromatic carbocycles. The Labute approximate surface area is 88.1 Å². The van der Waals surface area contributed by atoms with Crippen LogP contribution in [0.3, 0.4) is 0 Å². The smallest absolute Gasteiger partial charge is 0.307 e. The predicted octanol–water partition coefficient (Wildman–Crippen LogP) is 1.81. The lowest BCUT2D eigenvalue weighted by Crippen LogP contribution is -2.06. The standard InChI is InChI=1S/C11H14O4/c1-7(2)15-9-3-4-10(12)8(5-9)6-11(13)14/h3-5,7,12H,6H2,1-2H3,(H,13,14). The minimum atomic E-state index is -0.980. The second-order valence-electron chi connectivity index (χ2n) is 3.53. The summed E-state index contributed by atoms with van der Waals surface area (Å²) in [6.07, 6.45) is -0.187. The Bertz CT molecular complexity index is 358. The third-order valence-electron chi connectivity index (χ3n) is 1.76. The third kappa shape index (κ3) is 3.50. The number of phenols is 1. The third-order valence-corrected chi connectivity index (χ3v) is 1.76. The van der Waals surface area contributed by atoms with Crippen molar-refractivity contribution in [1.29, 1.82) is 0 Å². The van der Waals surface area contributed by atoms with Gasteiger partial charge in [-0.1, -0.05) is 0 Å². The van der Waals surface area contributed by atoms with Crippen molar-refractivity contribution >= 4 is 5.97 Å². The second kappa shape index (κ2) is 4.68. The van der Waals surface area contributed by atoms with Gasteiger partial charge in [-0.2, -0.15) is 0 Å². The highest BCUT2D eigenvalue weighted by Gasteiger charge is 2.08. The first-order valence-electron chi connectivity index (χ1n) is 4.69. The van der Waals surface area contributed by atoms with Gasteiger partial charge in [0.2, 0.25) is 0 Å². The van der Waals surface area contributed by atoms with Crippen molar-refractivity contribution in [3.63, 3.8) is 0 Å². The van der Waals surface area contributed by atoms with E-state index in [1.165, 1.54) is 6.07 Å². The maximum absolute atomic E-state index is 10.5. The number of carbonyl (C=O) groups is 1. The Hall–Kier alpha value is -1.71. The molecule has 0 atom stereocenters. The summed E-state index contributed by atoms with van der Waals surface area (Å²) in [6.45, 7) is 3.76. The molecule has 0 fully saturated rings. The highest BCUT2D eigenvalue weighted by atomic mass is 16.5. The SMILES string of the molecule is CC(C)Oc1ccc(O)c(CC(=O)O)c1. The van der Waals surface area contributed by atoms with Crippen molar-refractivity contribution in [3.05, 3.63) is 23.8 Å². The van der Waals surface area contributed by atoms with Crippen molar-refractivity contribution in [1.82, 2.24) is 0 Å². The van der Waals surface area contributed by atoms with E-state index in [2.05, 4.69) is 0 Å². The number of aromatic hydroxyl groups is 1. The fourth-order valence-electron chi connectivity index (χ4n) is 1.21. The van der Waals surface area contributed by atoms with Crippen LogP contribution in [0.25, 0.3) is 0 Å². The van der Waals surface area contributed by atoms with Gasteiger partial charge in [0.25, 0.3) is 0 Å². The molecule has 0 aliphatic heterocycles. The van der Waals surface area contributed by atoms with Crippen LogP contribution in [0.2, 0.25) is 0 Å². The number of hydrogen-bond donors (Lipinski definition) is 2. The lowest BCUT2D eigenvalue weighted by atomic mass is 10.1. The quantitative estimate of drug-likeness (QED) is 0.795. The topological polar surface area (TPSA) is 66.8 Å². The molecule has 1 rings (SSSR count). The Morgan fingerprint density at radius 2 is 2.13 bits per heavy atom. The van der Waals surface area contributed by atoms with Gasteiger partial charge in [0, 0.05) is 5.56 Å². The first-order chi connectivity index (χ1) is 6.99. The molecule has 0 unspecified atom stereocenters. The normalized spacial score (nSPS) is 10.3. The molecular formula is C11H14O4. The van der Waals surface area contributed by atoms with Crippen molar-refractivity contribution in [2.24, 2.45) is 0 Å². The van der Waals surface area contributed by atoms with Gasteiger partial charge in [0.05, 0.1) is 12.5 Å².